The summed E-state index contributed by atoms with van der Waals surface area (Å²) in [7, 11) is 0. The topological polar surface area (TPSA) is 75.7 Å². The van der Waals surface area contributed by atoms with Crippen LogP contribution < -0.4 is 5.32 Å². The van der Waals surface area contributed by atoms with E-state index in [4.69, 9.17) is 4.74 Å². The number of ether oxygens (including phenoxy) is 1. The third kappa shape index (κ3) is 2.73. The molecular formula is C13H19N5OS. The molecule has 1 aliphatic rings. The molecule has 1 aliphatic heterocycles. The van der Waals surface area contributed by atoms with Gasteiger partial charge in [-0.05, 0) is 19.8 Å². The number of rotatable bonds is 5. The van der Waals surface area contributed by atoms with E-state index < -0.39 is 0 Å². The molecule has 0 bridgehead atoms. The van der Waals surface area contributed by atoms with Crippen molar-refractivity contribution >= 4 is 28.7 Å². The summed E-state index contributed by atoms with van der Waals surface area (Å²) < 4.78 is 5.62. The van der Waals surface area contributed by atoms with Crippen LogP contribution >= 0.6 is 11.8 Å². The second kappa shape index (κ2) is 5.97. The van der Waals surface area contributed by atoms with Crippen LogP contribution in [0, 0.1) is 0 Å². The van der Waals surface area contributed by atoms with Crippen molar-refractivity contribution in [2.24, 2.45) is 0 Å². The van der Waals surface area contributed by atoms with Gasteiger partial charge in [-0.1, -0.05) is 18.7 Å². The van der Waals surface area contributed by atoms with Gasteiger partial charge in [-0.25, -0.2) is 4.98 Å². The standard InChI is InChI=1S/C13H19N5OS/c1-3-5-14-13-16-11-9(7-15-18-11)12(17-13)20-10-4-6-19-8(10)2/h7-8,10H,3-6H2,1-2H3,(H2,14,15,16,17,18). The molecule has 0 spiro atoms. The fourth-order valence-corrected chi connectivity index (χ4v) is 3.41. The van der Waals surface area contributed by atoms with Gasteiger partial charge in [0.1, 0.15) is 5.03 Å². The number of hydrogen-bond acceptors (Lipinski definition) is 6. The van der Waals surface area contributed by atoms with Crippen LogP contribution in [-0.4, -0.2) is 44.7 Å². The third-order valence-corrected chi connectivity index (χ3v) is 4.83. The molecule has 6 nitrogen and oxygen atoms in total. The lowest BCUT2D eigenvalue weighted by Gasteiger charge is -2.14. The summed E-state index contributed by atoms with van der Waals surface area (Å²) in [5.74, 6) is 0.665. The summed E-state index contributed by atoms with van der Waals surface area (Å²) in [5.41, 5.74) is 0.785. The Labute approximate surface area is 122 Å². The number of nitrogens with zero attached hydrogens (tertiary/aromatic N) is 3. The monoisotopic (exact) mass is 293 g/mol. The van der Waals surface area contributed by atoms with Crippen LogP contribution in [-0.2, 0) is 4.74 Å². The molecule has 3 rings (SSSR count). The lowest BCUT2D eigenvalue weighted by atomic mass is 10.3. The van der Waals surface area contributed by atoms with Crippen LogP contribution in [0.5, 0.6) is 0 Å². The third-order valence-electron chi connectivity index (χ3n) is 3.38. The fraction of sp³-hybridized carbons (Fsp3) is 0.615. The van der Waals surface area contributed by atoms with Crippen molar-refractivity contribution in [3.63, 3.8) is 0 Å². The van der Waals surface area contributed by atoms with E-state index in [0.29, 0.717) is 11.2 Å². The minimum Gasteiger partial charge on any atom is -0.377 e. The highest BCUT2D eigenvalue weighted by Crippen LogP contribution is 2.35. The van der Waals surface area contributed by atoms with Gasteiger partial charge in [0.15, 0.2) is 5.65 Å². The van der Waals surface area contributed by atoms with Crippen LogP contribution in [0.1, 0.15) is 26.7 Å². The molecule has 0 saturated carbocycles. The van der Waals surface area contributed by atoms with Gasteiger partial charge in [0.25, 0.3) is 0 Å². The summed E-state index contributed by atoms with van der Waals surface area (Å²) in [6, 6.07) is 0. The molecule has 7 heteroatoms. The van der Waals surface area contributed by atoms with Gasteiger partial charge in [-0.3, -0.25) is 5.10 Å². The predicted molar refractivity (Wildman–Crippen MR) is 80.1 cm³/mol. The highest BCUT2D eigenvalue weighted by Gasteiger charge is 2.26. The zero-order valence-electron chi connectivity index (χ0n) is 11.7. The van der Waals surface area contributed by atoms with Crippen molar-refractivity contribution in [3.8, 4) is 0 Å². The number of thioether (sulfide) groups is 1. The van der Waals surface area contributed by atoms with Gasteiger partial charge < -0.3 is 10.1 Å². The van der Waals surface area contributed by atoms with Crippen molar-refractivity contribution in [1.82, 2.24) is 20.2 Å². The molecular weight excluding hydrogens is 274 g/mol. The molecule has 2 atom stereocenters. The fourth-order valence-electron chi connectivity index (χ4n) is 2.22. The number of aromatic amines is 1. The zero-order valence-corrected chi connectivity index (χ0v) is 12.5. The Morgan fingerprint density at radius 3 is 3.15 bits per heavy atom. The molecule has 108 valence electrons. The van der Waals surface area contributed by atoms with E-state index in [0.717, 1.165) is 42.1 Å². The first-order valence-electron chi connectivity index (χ1n) is 7.01. The minimum atomic E-state index is 0.268. The molecule has 2 aromatic rings. The Hall–Kier alpha value is -1.34. The first-order chi connectivity index (χ1) is 9.78. The van der Waals surface area contributed by atoms with Gasteiger partial charge in [0.05, 0.1) is 17.7 Å². The normalized spacial score (nSPS) is 22.5. The van der Waals surface area contributed by atoms with E-state index in [1.807, 2.05) is 0 Å². The molecule has 0 aromatic carbocycles. The largest absolute Gasteiger partial charge is 0.377 e. The summed E-state index contributed by atoms with van der Waals surface area (Å²) in [6.45, 7) is 5.94. The second-order valence-corrected chi connectivity index (χ2v) is 6.16. The van der Waals surface area contributed by atoms with Crippen molar-refractivity contribution in [1.29, 1.82) is 0 Å². The van der Waals surface area contributed by atoms with E-state index in [1.54, 1.807) is 18.0 Å². The van der Waals surface area contributed by atoms with E-state index in [2.05, 4.69) is 39.3 Å². The molecule has 0 radical (unpaired) electrons. The Morgan fingerprint density at radius 1 is 1.50 bits per heavy atom. The number of hydrogen-bond donors (Lipinski definition) is 2. The maximum absolute atomic E-state index is 5.62. The maximum Gasteiger partial charge on any atom is 0.225 e. The maximum atomic E-state index is 5.62. The Kier molecular flexibility index (Phi) is 4.07. The summed E-state index contributed by atoms with van der Waals surface area (Å²) in [5, 5.41) is 12.6. The Morgan fingerprint density at radius 2 is 2.40 bits per heavy atom. The second-order valence-electron chi connectivity index (χ2n) is 4.93. The van der Waals surface area contributed by atoms with Crippen LogP contribution in [0.3, 0.4) is 0 Å². The molecule has 2 unspecified atom stereocenters. The van der Waals surface area contributed by atoms with Gasteiger partial charge in [-0.15, -0.1) is 0 Å². The van der Waals surface area contributed by atoms with Crippen molar-refractivity contribution in [3.05, 3.63) is 6.20 Å². The van der Waals surface area contributed by atoms with Crippen LogP contribution in [0.2, 0.25) is 0 Å². The lowest BCUT2D eigenvalue weighted by molar-refractivity contribution is 0.127. The van der Waals surface area contributed by atoms with Crippen LogP contribution in [0.25, 0.3) is 11.0 Å². The number of fused-ring (bicyclic) bond motifs is 1. The van der Waals surface area contributed by atoms with Crippen molar-refractivity contribution < 1.29 is 4.74 Å². The van der Waals surface area contributed by atoms with E-state index >= 15 is 0 Å². The van der Waals surface area contributed by atoms with Crippen LogP contribution in [0.15, 0.2) is 11.2 Å². The van der Waals surface area contributed by atoms with Gasteiger partial charge in [-0.2, -0.15) is 10.1 Å². The van der Waals surface area contributed by atoms with E-state index in [-0.39, 0.29) is 6.10 Å². The molecule has 3 heterocycles. The smallest absolute Gasteiger partial charge is 0.225 e. The Balaban J connectivity index is 1.88. The number of H-pyrrole nitrogens is 1. The average molecular weight is 293 g/mol. The highest BCUT2D eigenvalue weighted by atomic mass is 32.2. The summed E-state index contributed by atoms with van der Waals surface area (Å²) in [4.78, 5) is 9.08. The highest BCUT2D eigenvalue weighted by molar-refractivity contribution is 8.00. The molecule has 1 fully saturated rings. The predicted octanol–water partition coefficient (Wildman–Crippen LogP) is 2.44. The van der Waals surface area contributed by atoms with Gasteiger partial charge in [0.2, 0.25) is 5.95 Å². The molecule has 20 heavy (non-hydrogen) atoms. The SMILES string of the molecule is CCCNc1nc(SC2CCOC2C)c2cn[nH]c2n1. The molecule has 0 aliphatic carbocycles. The van der Waals surface area contributed by atoms with Crippen molar-refractivity contribution in [2.45, 2.75) is 43.1 Å². The zero-order chi connectivity index (χ0) is 13.9. The number of nitrogens with one attached hydrogen (secondary N) is 2. The molecule has 2 aromatic heterocycles. The summed E-state index contributed by atoms with van der Waals surface area (Å²) in [6.07, 6.45) is 4.17. The van der Waals surface area contributed by atoms with Crippen molar-refractivity contribution in [2.75, 3.05) is 18.5 Å². The number of anilines is 1. The first-order valence-corrected chi connectivity index (χ1v) is 7.89. The van der Waals surface area contributed by atoms with E-state index in [1.165, 1.54) is 0 Å². The quantitative estimate of drug-likeness (QED) is 0.825. The first kappa shape index (κ1) is 13.6. The Bertz CT molecular complexity index is 587. The average Bonchev–Trinajstić information content (AvgIpc) is 3.06. The number of aromatic nitrogens is 4. The molecule has 2 N–H and O–H groups in total. The van der Waals surface area contributed by atoms with Crippen LogP contribution in [0.4, 0.5) is 5.95 Å². The van der Waals surface area contributed by atoms with Gasteiger partial charge in [0, 0.05) is 18.4 Å². The van der Waals surface area contributed by atoms with Gasteiger partial charge >= 0.3 is 0 Å². The molecule has 1 saturated heterocycles. The lowest BCUT2D eigenvalue weighted by Crippen LogP contribution is -2.14. The molecule has 0 amide bonds. The van der Waals surface area contributed by atoms with E-state index in [9.17, 15) is 0 Å². The summed E-state index contributed by atoms with van der Waals surface area (Å²) >= 11 is 1.76. The minimum absolute atomic E-state index is 0.268.